The van der Waals surface area contributed by atoms with E-state index in [9.17, 15) is 4.79 Å². The number of hydrogen-bond acceptors (Lipinski definition) is 6. The Morgan fingerprint density at radius 2 is 1.97 bits per heavy atom. The van der Waals surface area contributed by atoms with Gasteiger partial charge in [0.05, 0.1) is 16.9 Å². The van der Waals surface area contributed by atoms with E-state index >= 15 is 0 Å². The van der Waals surface area contributed by atoms with Crippen molar-refractivity contribution in [3.63, 3.8) is 0 Å². The smallest absolute Gasteiger partial charge is 0.259 e. The predicted octanol–water partition coefficient (Wildman–Crippen LogP) is 4.43. The highest BCUT2D eigenvalue weighted by atomic mass is 35.5. The van der Waals surface area contributed by atoms with Crippen molar-refractivity contribution in [2.24, 2.45) is 0 Å². The van der Waals surface area contributed by atoms with Crippen LogP contribution >= 0.6 is 11.6 Å². The van der Waals surface area contributed by atoms with E-state index in [1.807, 2.05) is 30.3 Å². The van der Waals surface area contributed by atoms with E-state index in [1.165, 1.54) is 10.5 Å². The lowest BCUT2D eigenvalue weighted by molar-refractivity contribution is -0.130. The molecule has 0 aliphatic carbocycles. The van der Waals surface area contributed by atoms with Crippen LogP contribution < -0.4 is 10.1 Å². The summed E-state index contributed by atoms with van der Waals surface area (Å²) in [7, 11) is 3.40. The van der Waals surface area contributed by atoms with Gasteiger partial charge >= 0.3 is 0 Å². The van der Waals surface area contributed by atoms with Crippen molar-refractivity contribution < 1.29 is 9.53 Å². The fourth-order valence-electron chi connectivity index (χ4n) is 4.33. The normalized spacial score (nSPS) is 15.8. The third-order valence-corrected chi connectivity index (χ3v) is 6.62. The number of hydrogen-bond donors (Lipinski definition) is 2. The topological polar surface area (TPSA) is 86.4 Å². The fraction of sp³-hybridized carbons (Fsp3) is 0.296. The van der Waals surface area contributed by atoms with Gasteiger partial charge in [-0.15, -0.1) is 0 Å². The first kappa shape index (κ1) is 24.1. The van der Waals surface area contributed by atoms with Gasteiger partial charge in [-0.05, 0) is 36.2 Å². The van der Waals surface area contributed by atoms with Crippen LogP contribution in [-0.2, 0) is 11.3 Å². The van der Waals surface area contributed by atoms with Gasteiger partial charge in [0.1, 0.15) is 17.1 Å². The lowest BCUT2D eigenvalue weighted by Gasteiger charge is -2.18. The van der Waals surface area contributed by atoms with Gasteiger partial charge in [-0.25, -0.2) is 9.97 Å². The van der Waals surface area contributed by atoms with Crippen molar-refractivity contribution in [1.29, 1.82) is 0 Å². The molecule has 5 rings (SSSR count). The third kappa shape index (κ3) is 5.45. The quantitative estimate of drug-likeness (QED) is 0.369. The first-order valence-electron chi connectivity index (χ1n) is 12.0. The van der Waals surface area contributed by atoms with Crippen LogP contribution in [0.5, 0.6) is 5.75 Å². The second-order valence-electron chi connectivity index (χ2n) is 9.22. The molecule has 2 aromatic carbocycles. The van der Waals surface area contributed by atoms with Crippen molar-refractivity contribution >= 4 is 34.4 Å². The summed E-state index contributed by atoms with van der Waals surface area (Å²) in [6.07, 6.45) is 2.68. The number of aromatic amines is 1. The van der Waals surface area contributed by atoms with Gasteiger partial charge in [-0.2, -0.15) is 0 Å². The summed E-state index contributed by atoms with van der Waals surface area (Å²) < 4.78 is 5.57. The number of rotatable bonds is 8. The van der Waals surface area contributed by atoms with E-state index in [-0.39, 0.29) is 18.6 Å². The summed E-state index contributed by atoms with van der Waals surface area (Å²) in [5, 5.41) is 4.20. The molecule has 1 saturated heterocycles. The number of imidazole rings is 1. The predicted molar refractivity (Wildman–Crippen MR) is 142 cm³/mol. The number of amides is 1. The number of aromatic nitrogens is 3. The highest BCUT2D eigenvalue weighted by molar-refractivity contribution is 6.34. The standard InChI is InChI=1S/C27H29ClN6O2/c1-33(2)23(35)17-36-21-10-8-19(9-11-21)26-31-25-24(22(28)14-29-27(25)32-26)30-20-12-13-34(16-20)15-18-6-4-3-5-7-18/h3-11,14,20H,12-13,15-17H2,1-2H3,(H2,29,30,31,32)/t20-/m0/s1. The van der Waals surface area contributed by atoms with E-state index in [1.54, 1.807) is 20.3 Å². The maximum Gasteiger partial charge on any atom is 0.259 e. The number of carbonyl (C=O) groups excluding carboxylic acids is 1. The van der Waals surface area contributed by atoms with E-state index in [2.05, 4.69) is 49.4 Å². The zero-order valence-corrected chi connectivity index (χ0v) is 21.1. The van der Waals surface area contributed by atoms with Gasteiger partial charge in [0, 0.05) is 45.3 Å². The Hall–Kier alpha value is -3.62. The van der Waals surface area contributed by atoms with E-state index in [0.717, 1.165) is 42.8 Å². The number of likely N-dealkylation sites (tertiary alicyclic amines) is 1. The molecule has 186 valence electrons. The Bertz CT molecular complexity index is 1340. The molecule has 0 spiro atoms. The minimum atomic E-state index is -0.0928. The molecule has 1 fully saturated rings. The molecule has 1 amide bonds. The molecule has 0 saturated carbocycles. The Labute approximate surface area is 215 Å². The lowest BCUT2D eigenvalue weighted by atomic mass is 10.2. The molecular weight excluding hydrogens is 476 g/mol. The molecule has 2 N–H and O–H groups in total. The van der Waals surface area contributed by atoms with Gasteiger partial charge in [-0.3, -0.25) is 9.69 Å². The molecule has 0 bridgehead atoms. The number of H-pyrrole nitrogens is 1. The number of likely N-dealkylation sites (N-methyl/N-ethyl adjacent to an activating group) is 1. The monoisotopic (exact) mass is 504 g/mol. The molecule has 2 aromatic heterocycles. The SMILES string of the molecule is CN(C)C(=O)COc1ccc(-c2nc3ncc(Cl)c(N[C@H]4CCN(Cc5ccccc5)C4)c3[nH]2)cc1. The van der Waals surface area contributed by atoms with Crippen LogP contribution in [0.3, 0.4) is 0 Å². The summed E-state index contributed by atoms with van der Waals surface area (Å²) in [5.74, 6) is 1.22. The van der Waals surface area contributed by atoms with Crippen LogP contribution in [0, 0.1) is 0 Å². The van der Waals surface area contributed by atoms with Crippen molar-refractivity contribution in [2.45, 2.75) is 19.0 Å². The number of nitrogens with one attached hydrogen (secondary N) is 2. The van der Waals surface area contributed by atoms with E-state index in [0.29, 0.717) is 22.2 Å². The molecule has 4 aromatic rings. The summed E-state index contributed by atoms with van der Waals surface area (Å²) in [6.45, 7) is 2.91. The van der Waals surface area contributed by atoms with Crippen molar-refractivity contribution in [1.82, 2.24) is 24.8 Å². The largest absolute Gasteiger partial charge is 0.484 e. The second kappa shape index (κ2) is 10.6. The third-order valence-electron chi connectivity index (χ3n) is 6.33. The Balaban J connectivity index is 1.29. The van der Waals surface area contributed by atoms with Crippen LogP contribution in [-0.4, -0.2) is 70.5 Å². The molecule has 1 aliphatic heterocycles. The first-order chi connectivity index (χ1) is 17.5. The van der Waals surface area contributed by atoms with Gasteiger partial charge < -0.3 is 19.9 Å². The van der Waals surface area contributed by atoms with Crippen molar-refractivity contribution in [2.75, 3.05) is 39.1 Å². The Morgan fingerprint density at radius 1 is 1.19 bits per heavy atom. The summed E-state index contributed by atoms with van der Waals surface area (Å²) in [4.78, 5) is 28.2. The van der Waals surface area contributed by atoms with Gasteiger partial charge in [0.25, 0.3) is 5.91 Å². The molecule has 1 atom stereocenters. The van der Waals surface area contributed by atoms with Gasteiger partial charge in [-0.1, -0.05) is 41.9 Å². The highest BCUT2D eigenvalue weighted by Gasteiger charge is 2.24. The minimum absolute atomic E-state index is 0.00161. The Kier molecular flexibility index (Phi) is 7.06. The molecule has 3 heterocycles. The van der Waals surface area contributed by atoms with Gasteiger partial charge in [0.2, 0.25) is 0 Å². The van der Waals surface area contributed by atoms with E-state index < -0.39 is 0 Å². The highest BCUT2D eigenvalue weighted by Crippen LogP contribution is 2.32. The number of fused-ring (bicyclic) bond motifs is 1. The molecule has 9 heteroatoms. The molecule has 36 heavy (non-hydrogen) atoms. The number of nitrogens with zero attached hydrogens (tertiary/aromatic N) is 4. The van der Waals surface area contributed by atoms with Gasteiger partial charge in [0.15, 0.2) is 12.3 Å². The van der Waals surface area contributed by atoms with Crippen LogP contribution in [0.2, 0.25) is 5.02 Å². The number of halogens is 1. The number of benzene rings is 2. The van der Waals surface area contributed by atoms with Crippen LogP contribution in [0.1, 0.15) is 12.0 Å². The zero-order chi connectivity index (χ0) is 25.1. The maximum absolute atomic E-state index is 11.7. The fourth-order valence-corrected chi connectivity index (χ4v) is 4.53. The average Bonchev–Trinajstić information content (AvgIpc) is 3.52. The van der Waals surface area contributed by atoms with Crippen LogP contribution in [0.25, 0.3) is 22.6 Å². The number of pyridine rings is 1. The van der Waals surface area contributed by atoms with Crippen molar-refractivity contribution in [3.05, 3.63) is 71.4 Å². The first-order valence-corrected chi connectivity index (χ1v) is 12.3. The molecule has 0 radical (unpaired) electrons. The molecular formula is C27H29ClN6O2. The average molecular weight is 505 g/mol. The number of ether oxygens (including phenoxy) is 1. The minimum Gasteiger partial charge on any atom is -0.484 e. The molecule has 0 unspecified atom stereocenters. The van der Waals surface area contributed by atoms with E-state index in [4.69, 9.17) is 16.3 Å². The summed E-state index contributed by atoms with van der Waals surface area (Å²) >= 11 is 6.57. The van der Waals surface area contributed by atoms with Crippen LogP contribution in [0.15, 0.2) is 60.8 Å². The molecule has 1 aliphatic rings. The number of carbonyl (C=O) groups is 1. The van der Waals surface area contributed by atoms with Crippen LogP contribution in [0.4, 0.5) is 5.69 Å². The Morgan fingerprint density at radius 3 is 2.72 bits per heavy atom. The summed E-state index contributed by atoms with van der Waals surface area (Å²) in [5.41, 5.74) is 4.43. The van der Waals surface area contributed by atoms with Crippen molar-refractivity contribution in [3.8, 4) is 17.1 Å². The zero-order valence-electron chi connectivity index (χ0n) is 20.4. The summed E-state index contributed by atoms with van der Waals surface area (Å²) in [6, 6.07) is 18.3. The second-order valence-corrected chi connectivity index (χ2v) is 9.62. The maximum atomic E-state index is 11.7. The number of anilines is 1. The molecule has 8 nitrogen and oxygen atoms in total. The lowest BCUT2D eigenvalue weighted by Crippen LogP contribution is -2.27.